The van der Waals surface area contributed by atoms with Crippen LogP contribution < -0.4 is 0 Å². The molecule has 0 amide bonds. The van der Waals surface area contributed by atoms with Gasteiger partial charge in [0.2, 0.25) is 0 Å². The first-order chi connectivity index (χ1) is 14.8. The van der Waals surface area contributed by atoms with Crippen LogP contribution in [0.2, 0.25) is 0 Å². The zero-order valence-corrected chi connectivity index (χ0v) is 17.8. The van der Waals surface area contributed by atoms with Crippen molar-refractivity contribution in [2.45, 2.75) is 25.9 Å². The Labute approximate surface area is 181 Å². The average Bonchev–Trinajstić information content (AvgIpc) is 2.77. The van der Waals surface area contributed by atoms with Crippen molar-refractivity contribution in [3.05, 3.63) is 70.8 Å². The predicted octanol–water partition coefficient (Wildman–Crippen LogP) is 4.28. The van der Waals surface area contributed by atoms with Gasteiger partial charge >= 0.3 is 12.1 Å². The second-order valence-electron chi connectivity index (χ2n) is 7.80. The van der Waals surface area contributed by atoms with Crippen molar-refractivity contribution in [1.29, 1.82) is 0 Å². The molecule has 168 valence electrons. The summed E-state index contributed by atoms with van der Waals surface area (Å²) in [5.41, 5.74) is 1.90. The maximum atomic E-state index is 12.9. The van der Waals surface area contributed by atoms with E-state index in [0.717, 1.165) is 57.3 Å². The summed E-state index contributed by atoms with van der Waals surface area (Å²) in [7, 11) is 0. The fourth-order valence-corrected chi connectivity index (χ4v) is 3.74. The molecule has 4 nitrogen and oxygen atoms in total. The Morgan fingerprint density at radius 2 is 1.48 bits per heavy atom. The Bertz CT molecular complexity index is 845. The number of esters is 1. The number of alkyl halides is 3. The van der Waals surface area contributed by atoms with Crippen molar-refractivity contribution >= 4 is 5.97 Å². The maximum absolute atomic E-state index is 12.9. The molecule has 1 aliphatic heterocycles. The van der Waals surface area contributed by atoms with Crippen LogP contribution in [-0.2, 0) is 23.8 Å². The lowest BCUT2D eigenvalue weighted by Crippen LogP contribution is -2.47. The van der Waals surface area contributed by atoms with Gasteiger partial charge < -0.3 is 14.5 Å². The fourth-order valence-electron chi connectivity index (χ4n) is 3.74. The number of piperazine rings is 1. The molecule has 0 aromatic heterocycles. The van der Waals surface area contributed by atoms with Gasteiger partial charge in [-0.2, -0.15) is 13.2 Å². The van der Waals surface area contributed by atoms with Crippen LogP contribution in [0.4, 0.5) is 13.2 Å². The molecule has 1 heterocycles. The minimum absolute atomic E-state index is 0.296. The molecule has 2 aromatic rings. The lowest BCUT2D eigenvalue weighted by molar-refractivity contribution is -0.137. The van der Waals surface area contributed by atoms with Crippen molar-refractivity contribution in [1.82, 2.24) is 9.80 Å². The summed E-state index contributed by atoms with van der Waals surface area (Å²) in [5, 5.41) is 0. The Balaban J connectivity index is 1.39. The first kappa shape index (κ1) is 23.3. The van der Waals surface area contributed by atoms with Crippen LogP contribution in [0.25, 0.3) is 0 Å². The molecule has 0 atom stereocenters. The molecule has 31 heavy (non-hydrogen) atoms. The largest absolute Gasteiger partial charge is 0.462 e. The molecule has 0 spiro atoms. The third-order valence-corrected chi connectivity index (χ3v) is 5.62. The van der Waals surface area contributed by atoms with Crippen LogP contribution >= 0.6 is 0 Å². The number of halogens is 3. The highest BCUT2D eigenvalue weighted by atomic mass is 19.4. The number of benzene rings is 2. The van der Waals surface area contributed by atoms with Crippen molar-refractivity contribution in [3.8, 4) is 0 Å². The number of carbonyl (C=O) groups excluding carboxylic acids is 1. The van der Waals surface area contributed by atoms with Crippen LogP contribution in [0.5, 0.6) is 0 Å². The number of hydrogen-bond donors (Lipinski definition) is 0. The molecule has 7 heteroatoms. The van der Waals surface area contributed by atoms with Gasteiger partial charge in [0.25, 0.3) is 0 Å². The zero-order chi connectivity index (χ0) is 22.3. The summed E-state index contributed by atoms with van der Waals surface area (Å²) in [6, 6.07) is 13.2. The minimum Gasteiger partial charge on any atom is -0.462 e. The highest BCUT2D eigenvalue weighted by molar-refractivity contribution is 5.89. The van der Waals surface area contributed by atoms with Gasteiger partial charge in [0.15, 0.2) is 0 Å². The van der Waals surface area contributed by atoms with Crippen LogP contribution in [0.15, 0.2) is 48.5 Å². The lowest BCUT2D eigenvalue weighted by atomic mass is 10.1. The number of rotatable bonds is 8. The molecular formula is C24H29F3N2O2. The van der Waals surface area contributed by atoms with Gasteiger partial charge in [0, 0.05) is 39.3 Å². The van der Waals surface area contributed by atoms with Crippen LogP contribution in [0, 0.1) is 0 Å². The van der Waals surface area contributed by atoms with Crippen LogP contribution in [-0.4, -0.2) is 61.6 Å². The average molecular weight is 435 g/mol. The van der Waals surface area contributed by atoms with E-state index in [1.807, 2.05) is 12.1 Å². The second kappa shape index (κ2) is 10.8. The molecular weight excluding hydrogens is 405 g/mol. The lowest BCUT2D eigenvalue weighted by Gasteiger charge is -2.34. The molecule has 1 aliphatic rings. The predicted molar refractivity (Wildman–Crippen MR) is 114 cm³/mol. The van der Waals surface area contributed by atoms with E-state index < -0.39 is 11.7 Å². The van der Waals surface area contributed by atoms with E-state index in [0.29, 0.717) is 18.6 Å². The number of carbonyl (C=O) groups is 1. The second-order valence-corrected chi connectivity index (χ2v) is 7.80. The van der Waals surface area contributed by atoms with E-state index in [4.69, 9.17) is 4.74 Å². The van der Waals surface area contributed by atoms with Crippen molar-refractivity contribution in [2.24, 2.45) is 0 Å². The van der Waals surface area contributed by atoms with Gasteiger partial charge in [0.1, 0.15) is 0 Å². The molecule has 3 rings (SSSR count). The van der Waals surface area contributed by atoms with Crippen molar-refractivity contribution < 1.29 is 22.7 Å². The van der Waals surface area contributed by atoms with E-state index in [1.165, 1.54) is 17.7 Å². The van der Waals surface area contributed by atoms with E-state index in [1.54, 1.807) is 25.1 Å². The van der Waals surface area contributed by atoms with Gasteiger partial charge in [0.05, 0.1) is 17.7 Å². The topological polar surface area (TPSA) is 32.8 Å². The summed E-state index contributed by atoms with van der Waals surface area (Å²) in [6.07, 6.45) is -2.76. The van der Waals surface area contributed by atoms with E-state index in [2.05, 4.69) is 9.80 Å². The quantitative estimate of drug-likeness (QED) is 0.581. The first-order valence-corrected chi connectivity index (χ1v) is 10.7. The highest BCUT2D eigenvalue weighted by Gasteiger charge is 2.30. The third-order valence-electron chi connectivity index (χ3n) is 5.62. The fraction of sp³-hybridized carbons (Fsp3) is 0.458. The summed E-state index contributed by atoms with van der Waals surface area (Å²) < 4.78 is 43.6. The normalized spacial score (nSPS) is 15.7. The molecule has 2 aromatic carbocycles. The summed E-state index contributed by atoms with van der Waals surface area (Å²) in [6.45, 7) is 7.60. The van der Waals surface area contributed by atoms with E-state index in [9.17, 15) is 18.0 Å². The summed E-state index contributed by atoms with van der Waals surface area (Å²) in [5.74, 6) is -0.296. The van der Waals surface area contributed by atoms with Crippen LogP contribution in [0.3, 0.4) is 0 Å². The zero-order valence-electron chi connectivity index (χ0n) is 17.8. The van der Waals surface area contributed by atoms with Gasteiger partial charge in [-0.25, -0.2) is 4.79 Å². The highest BCUT2D eigenvalue weighted by Crippen LogP contribution is 2.29. The monoisotopic (exact) mass is 434 g/mol. The standard InChI is InChI=1S/C24H29F3N2O2/c1-2-31-23(30)21-8-6-19(7-9-21)10-12-28-14-16-29(17-15-28)13-11-20-4-3-5-22(18-20)24(25,26)27/h3-9,18H,2,10-17H2,1H3. The Morgan fingerprint density at radius 1 is 0.903 bits per heavy atom. The molecule has 1 fully saturated rings. The molecule has 0 unspecified atom stereocenters. The first-order valence-electron chi connectivity index (χ1n) is 10.7. The van der Waals surface area contributed by atoms with Gasteiger partial charge in [-0.15, -0.1) is 0 Å². The smallest absolute Gasteiger partial charge is 0.416 e. The minimum atomic E-state index is -4.29. The van der Waals surface area contributed by atoms with Crippen LogP contribution in [0.1, 0.15) is 34.0 Å². The maximum Gasteiger partial charge on any atom is 0.416 e. The molecule has 0 bridgehead atoms. The van der Waals surface area contributed by atoms with Gasteiger partial charge in [-0.05, 0) is 49.1 Å². The van der Waals surface area contributed by atoms with Gasteiger partial charge in [-0.1, -0.05) is 30.3 Å². The van der Waals surface area contributed by atoms with E-state index in [-0.39, 0.29) is 5.97 Å². The third kappa shape index (κ3) is 7.08. The van der Waals surface area contributed by atoms with E-state index >= 15 is 0 Å². The summed E-state index contributed by atoms with van der Waals surface area (Å²) in [4.78, 5) is 16.4. The SMILES string of the molecule is CCOC(=O)c1ccc(CCN2CCN(CCc3cccc(C(F)(F)F)c3)CC2)cc1. The number of hydrogen-bond acceptors (Lipinski definition) is 4. The Kier molecular flexibility index (Phi) is 8.09. The summed E-state index contributed by atoms with van der Waals surface area (Å²) >= 11 is 0. The molecule has 0 radical (unpaired) electrons. The Morgan fingerprint density at radius 3 is 2.03 bits per heavy atom. The van der Waals surface area contributed by atoms with Crippen molar-refractivity contribution in [2.75, 3.05) is 45.9 Å². The number of ether oxygens (including phenoxy) is 1. The molecule has 0 aliphatic carbocycles. The number of nitrogens with zero attached hydrogens (tertiary/aromatic N) is 2. The molecule has 1 saturated heterocycles. The van der Waals surface area contributed by atoms with Crippen molar-refractivity contribution in [3.63, 3.8) is 0 Å². The Hall–Kier alpha value is -2.38. The van der Waals surface area contributed by atoms with Gasteiger partial charge in [-0.3, -0.25) is 0 Å². The molecule has 0 N–H and O–H groups in total. The molecule has 0 saturated carbocycles.